The lowest BCUT2D eigenvalue weighted by Crippen LogP contribution is -2.37. The van der Waals surface area contributed by atoms with Crippen LogP contribution in [0.2, 0.25) is 0 Å². The van der Waals surface area contributed by atoms with Crippen molar-refractivity contribution in [2.24, 2.45) is 5.41 Å². The van der Waals surface area contributed by atoms with Crippen molar-refractivity contribution >= 4 is 31.9 Å². The van der Waals surface area contributed by atoms with Crippen LogP contribution in [0, 0.1) is 11.2 Å². The molecule has 1 N–H and O–H groups in total. The summed E-state index contributed by atoms with van der Waals surface area (Å²) in [7, 11) is -2.09. The molecule has 23 heavy (non-hydrogen) atoms. The molecule has 0 bridgehead atoms. The summed E-state index contributed by atoms with van der Waals surface area (Å²) < 4.78 is 44.6. The molecule has 2 rings (SSSR count). The molecular formula is C14H18BrFN2O4S. The van der Waals surface area contributed by atoms with Crippen LogP contribution in [0.4, 0.5) is 4.39 Å². The highest BCUT2D eigenvalue weighted by molar-refractivity contribution is 9.10. The van der Waals surface area contributed by atoms with Gasteiger partial charge in [-0.25, -0.2) is 22.5 Å². The first kappa shape index (κ1) is 18.3. The van der Waals surface area contributed by atoms with Crippen LogP contribution in [0.25, 0.3) is 0 Å². The Hall–Kier alpha value is -1.06. The zero-order valence-corrected chi connectivity index (χ0v) is 15.2. The molecule has 1 aromatic heterocycles. The molecule has 1 aromatic rings. The molecule has 0 aliphatic heterocycles. The van der Waals surface area contributed by atoms with Gasteiger partial charge in [-0.2, -0.15) is 0 Å². The van der Waals surface area contributed by atoms with Gasteiger partial charge in [-0.1, -0.05) is 0 Å². The molecule has 1 aliphatic rings. The number of hydrogen-bond acceptors (Lipinski definition) is 5. The number of rotatable bonds is 5. The van der Waals surface area contributed by atoms with Crippen LogP contribution in [0.15, 0.2) is 16.9 Å². The molecule has 1 saturated carbocycles. The average Bonchev–Trinajstić information content (AvgIpc) is 2.84. The number of carbonyl (C=O) groups excluding carboxylic acids is 1. The van der Waals surface area contributed by atoms with Crippen LogP contribution in [0.1, 0.15) is 24.8 Å². The number of nitrogens with one attached hydrogen (secondary N) is 1. The smallest absolute Gasteiger partial charge is 0.312 e. The van der Waals surface area contributed by atoms with Crippen molar-refractivity contribution in [2.75, 3.05) is 13.4 Å². The zero-order valence-electron chi connectivity index (χ0n) is 12.8. The number of methoxy groups -OCH3 is 1. The van der Waals surface area contributed by atoms with Gasteiger partial charge in [0, 0.05) is 6.04 Å². The molecule has 0 aromatic carbocycles. The highest BCUT2D eigenvalue weighted by Gasteiger charge is 2.47. The number of halogens is 2. The number of pyridine rings is 1. The minimum atomic E-state index is -3.37. The van der Waals surface area contributed by atoms with Gasteiger partial charge in [0.1, 0.15) is 10.4 Å². The van der Waals surface area contributed by atoms with E-state index in [2.05, 4.69) is 25.6 Å². The molecule has 0 spiro atoms. The van der Waals surface area contributed by atoms with Gasteiger partial charge in [-0.15, -0.1) is 0 Å². The van der Waals surface area contributed by atoms with Crippen LogP contribution >= 0.6 is 15.9 Å². The van der Waals surface area contributed by atoms with E-state index in [9.17, 15) is 17.6 Å². The standard InChI is InChI=1S/C14H18BrFN2O4S/c1-22-13(19)14(4-3-10(7-14)18-23(2,20)21)6-9-5-12(15)17-8-11(9)16/h5,8,10,18H,3-4,6-7H2,1-2H3/t10-,14+/m0/s1. The number of sulfonamides is 1. The van der Waals surface area contributed by atoms with E-state index in [1.165, 1.54) is 13.2 Å². The third-order valence-electron chi connectivity index (χ3n) is 4.04. The minimum Gasteiger partial charge on any atom is -0.469 e. The Morgan fingerprint density at radius 1 is 1.61 bits per heavy atom. The lowest BCUT2D eigenvalue weighted by atomic mass is 9.80. The molecule has 0 radical (unpaired) electrons. The lowest BCUT2D eigenvalue weighted by Gasteiger charge is -2.26. The van der Waals surface area contributed by atoms with Crippen LogP contribution in [0.3, 0.4) is 0 Å². The maximum atomic E-state index is 14.0. The zero-order chi connectivity index (χ0) is 17.3. The highest BCUT2D eigenvalue weighted by Crippen LogP contribution is 2.43. The maximum Gasteiger partial charge on any atom is 0.312 e. The SMILES string of the molecule is COC(=O)[C@@]1(Cc2cc(Br)ncc2F)CC[C@H](NS(C)(=O)=O)C1. The third kappa shape index (κ3) is 4.48. The number of aromatic nitrogens is 1. The summed E-state index contributed by atoms with van der Waals surface area (Å²) in [6.45, 7) is 0. The summed E-state index contributed by atoms with van der Waals surface area (Å²) in [4.78, 5) is 16.1. The monoisotopic (exact) mass is 408 g/mol. The van der Waals surface area contributed by atoms with Gasteiger partial charge in [0.15, 0.2) is 0 Å². The third-order valence-corrected chi connectivity index (χ3v) is 5.23. The number of nitrogens with zero attached hydrogens (tertiary/aromatic N) is 1. The lowest BCUT2D eigenvalue weighted by molar-refractivity contribution is -0.152. The summed E-state index contributed by atoms with van der Waals surface area (Å²) in [6, 6.07) is 1.16. The molecular weight excluding hydrogens is 391 g/mol. The van der Waals surface area contributed by atoms with E-state index in [1.54, 1.807) is 0 Å². The first-order valence-electron chi connectivity index (χ1n) is 7.01. The first-order valence-corrected chi connectivity index (χ1v) is 9.69. The van der Waals surface area contributed by atoms with Crippen molar-refractivity contribution in [3.8, 4) is 0 Å². The average molecular weight is 409 g/mol. The van der Waals surface area contributed by atoms with E-state index in [-0.39, 0.29) is 18.9 Å². The summed E-state index contributed by atoms with van der Waals surface area (Å²) in [5.41, 5.74) is -0.601. The Morgan fingerprint density at radius 3 is 2.91 bits per heavy atom. The second-order valence-electron chi connectivity index (χ2n) is 5.88. The van der Waals surface area contributed by atoms with Gasteiger partial charge in [0.25, 0.3) is 0 Å². The van der Waals surface area contributed by atoms with E-state index in [4.69, 9.17) is 4.74 Å². The van der Waals surface area contributed by atoms with Gasteiger partial charge < -0.3 is 4.74 Å². The number of esters is 1. The van der Waals surface area contributed by atoms with Gasteiger partial charge in [-0.3, -0.25) is 4.79 Å². The first-order chi connectivity index (χ1) is 10.6. The van der Waals surface area contributed by atoms with E-state index in [1.807, 2.05) is 0 Å². The van der Waals surface area contributed by atoms with E-state index >= 15 is 0 Å². The molecule has 1 fully saturated rings. The Morgan fingerprint density at radius 2 is 2.30 bits per heavy atom. The molecule has 0 saturated heterocycles. The molecule has 0 amide bonds. The van der Waals surface area contributed by atoms with Crippen LogP contribution in [-0.4, -0.2) is 38.8 Å². The van der Waals surface area contributed by atoms with Crippen LogP contribution in [-0.2, 0) is 26.0 Å². The predicted molar refractivity (Wildman–Crippen MR) is 85.7 cm³/mol. The molecule has 1 heterocycles. The fraction of sp³-hybridized carbons (Fsp3) is 0.571. The quantitative estimate of drug-likeness (QED) is 0.592. The normalized spacial score (nSPS) is 24.6. The Kier molecular flexibility index (Phi) is 5.42. The largest absolute Gasteiger partial charge is 0.469 e. The van der Waals surface area contributed by atoms with Gasteiger partial charge >= 0.3 is 5.97 Å². The maximum absolute atomic E-state index is 14.0. The van der Waals surface area contributed by atoms with Crippen molar-refractivity contribution in [3.63, 3.8) is 0 Å². The van der Waals surface area contributed by atoms with Crippen molar-refractivity contribution in [3.05, 3.63) is 28.2 Å². The van der Waals surface area contributed by atoms with Crippen molar-refractivity contribution in [1.29, 1.82) is 0 Å². The van der Waals surface area contributed by atoms with Crippen molar-refractivity contribution in [1.82, 2.24) is 9.71 Å². The molecule has 0 unspecified atom stereocenters. The number of hydrogen-bond donors (Lipinski definition) is 1. The van der Waals surface area contributed by atoms with Gasteiger partial charge in [0.05, 0.1) is 25.0 Å². The van der Waals surface area contributed by atoms with Gasteiger partial charge in [0.2, 0.25) is 10.0 Å². The fourth-order valence-corrected chi connectivity index (χ4v) is 4.30. The summed E-state index contributed by atoms with van der Waals surface area (Å²) >= 11 is 3.18. The number of ether oxygens (including phenoxy) is 1. The molecule has 6 nitrogen and oxygen atoms in total. The predicted octanol–water partition coefficient (Wildman–Crippen LogP) is 1.79. The molecule has 2 atom stereocenters. The van der Waals surface area contributed by atoms with Crippen molar-refractivity contribution in [2.45, 2.75) is 31.7 Å². The molecule has 128 valence electrons. The Labute approximate surface area is 143 Å². The van der Waals surface area contributed by atoms with Crippen molar-refractivity contribution < 1.29 is 22.3 Å². The minimum absolute atomic E-state index is 0.134. The summed E-state index contributed by atoms with van der Waals surface area (Å²) in [5, 5.41) is 0. The van der Waals surface area contributed by atoms with Crippen LogP contribution < -0.4 is 4.72 Å². The Bertz CT molecular complexity index is 713. The second kappa shape index (κ2) is 6.82. The van der Waals surface area contributed by atoms with Gasteiger partial charge in [-0.05, 0) is 53.2 Å². The highest BCUT2D eigenvalue weighted by atomic mass is 79.9. The van der Waals surface area contributed by atoms with E-state index in [0.717, 1.165) is 12.5 Å². The van der Waals surface area contributed by atoms with Crippen LogP contribution in [0.5, 0.6) is 0 Å². The number of carbonyl (C=O) groups is 1. The summed E-state index contributed by atoms with van der Waals surface area (Å²) in [6.07, 6.45) is 3.49. The Balaban J connectivity index is 2.28. The summed E-state index contributed by atoms with van der Waals surface area (Å²) in [5.74, 6) is -0.960. The second-order valence-corrected chi connectivity index (χ2v) is 8.47. The topological polar surface area (TPSA) is 85.4 Å². The fourth-order valence-electron chi connectivity index (χ4n) is 3.12. The van der Waals surface area contributed by atoms with E-state index in [0.29, 0.717) is 23.0 Å². The molecule has 9 heteroatoms. The molecule has 1 aliphatic carbocycles. The van der Waals surface area contributed by atoms with E-state index < -0.39 is 27.2 Å².